The van der Waals surface area contributed by atoms with Crippen molar-refractivity contribution in [3.05, 3.63) is 143 Å². The summed E-state index contributed by atoms with van der Waals surface area (Å²) < 4.78 is 79.9. The first-order chi connectivity index (χ1) is 36.2. The van der Waals surface area contributed by atoms with E-state index in [2.05, 4.69) is 24.4 Å². The van der Waals surface area contributed by atoms with Gasteiger partial charge in [-0.3, -0.25) is 19.6 Å². The number of benzene rings is 2. The molecule has 6 atom stereocenters. The van der Waals surface area contributed by atoms with E-state index in [9.17, 15) is 31.5 Å². The number of aliphatic hydroxyl groups excluding tert-OH is 1. The van der Waals surface area contributed by atoms with Crippen molar-refractivity contribution in [3.8, 4) is 23.0 Å². The molecule has 22 heteroatoms. The lowest BCUT2D eigenvalue weighted by molar-refractivity contribution is 0.0980. The zero-order chi connectivity index (χ0) is 55.9. The van der Waals surface area contributed by atoms with Gasteiger partial charge in [-0.05, 0) is 122 Å². The summed E-state index contributed by atoms with van der Waals surface area (Å²) in [5.74, 6) is 2.05. The minimum Gasteiger partial charge on any atom is -0.506 e. The van der Waals surface area contributed by atoms with Gasteiger partial charge in [0.1, 0.15) is 79.9 Å². The number of sulfone groups is 2. The number of hydrogen-bond acceptors (Lipinski definition) is 20. The van der Waals surface area contributed by atoms with Crippen molar-refractivity contribution in [1.29, 1.82) is 0 Å². The number of fused-ring (bicyclic) bond motifs is 6. The SMILES string of the molecule is CC1=N[C@]2(C)c3cc(CC(=O)c4ccc(O)cn4)ccc3O[C@@H](C)C[C@H]2S(=O)(=O)C1(C)C.C[C@H]1C[C@@H]2[C@](C)(N=C(N)C(C)(C)S2(=O)=O)c2cc(CC(=O)c3ccc(OCc4ncco4)cn3)ccc2O1.OCc1ncco1. The number of ketones is 2. The molecule has 4 aromatic heterocycles. The molecule has 4 aliphatic heterocycles. The van der Waals surface area contributed by atoms with Crippen molar-refractivity contribution < 1.29 is 59.7 Å². The van der Waals surface area contributed by atoms with Crippen LogP contribution >= 0.6 is 0 Å². The summed E-state index contributed by atoms with van der Waals surface area (Å²) in [7, 11) is -7.27. The highest BCUT2D eigenvalue weighted by atomic mass is 32.2. The number of aromatic nitrogens is 4. The van der Waals surface area contributed by atoms with Gasteiger partial charge in [0.05, 0.1) is 47.5 Å². The van der Waals surface area contributed by atoms with Gasteiger partial charge in [0.2, 0.25) is 11.8 Å². The molecular formula is C55H63N7O13S2. The minimum absolute atomic E-state index is 0.00789. The molecular weight excluding hydrogens is 1030 g/mol. The quantitative estimate of drug-likeness (QED) is 0.114. The Morgan fingerprint density at radius 1 is 0.675 bits per heavy atom. The predicted octanol–water partition coefficient (Wildman–Crippen LogP) is 7.20. The number of carbonyl (C=O) groups excluding carboxylic acids is 2. The summed E-state index contributed by atoms with van der Waals surface area (Å²) in [6, 6.07) is 17.0. The van der Waals surface area contributed by atoms with Gasteiger partial charge in [-0.25, -0.2) is 36.8 Å². The molecule has 8 heterocycles. The van der Waals surface area contributed by atoms with Crippen LogP contribution in [-0.4, -0.2) is 102 Å². The first kappa shape index (κ1) is 55.9. The summed E-state index contributed by atoms with van der Waals surface area (Å²) in [6.45, 7) is 15.7. The van der Waals surface area contributed by atoms with Crippen LogP contribution in [0.4, 0.5) is 0 Å². The Kier molecular flexibility index (Phi) is 15.4. The number of nitrogens with two attached hydrogens (primary N) is 1. The van der Waals surface area contributed by atoms with E-state index in [1.165, 1.54) is 49.4 Å². The zero-order valence-electron chi connectivity index (χ0n) is 44.3. The first-order valence-electron chi connectivity index (χ1n) is 24.9. The van der Waals surface area contributed by atoms with E-state index in [1.807, 2.05) is 32.9 Å². The molecule has 0 spiro atoms. The number of hydrogen-bond donors (Lipinski definition) is 3. The molecule has 20 nitrogen and oxygen atoms in total. The van der Waals surface area contributed by atoms with E-state index in [1.54, 1.807) is 77.9 Å². The lowest BCUT2D eigenvalue weighted by Crippen LogP contribution is -2.60. The van der Waals surface area contributed by atoms with Gasteiger partial charge in [0, 0.05) is 42.5 Å². The van der Waals surface area contributed by atoms with Gasteiger partial charge in [-0.15, -0.1) is 0 Å². The van der Waals surface area contributed by atoms with Crippen LogP contribution in [0.1, 0.15) is 130 Å². The van der Waals surface area contributed by atoms with Crippen LogP contribution in [0.2, 0.25) is 0 Å². The number of aliphatic imine (C=N–C) groups is 2. The van der Waals surface area contributed by atoms with Gasteiger partial charge in [-0.2, -0.15) is 0 Å². The van der Waals surface area contributed by atoms with Crippen LogP contribution in [0.25, 0.3) is 0 Å². The number of amidine groups is 1. The Labute approximate surface area is 447 Å². The Morgan fingerprint density at radius 2 is 1.17 bits per heavy atom. The van der Waals surface area contributed by atoms with E-state index in [0.717, 1.165) is 5.56 Å². The Hall–Kier alpha value is -7.30. The average molecular weight is 1090 g/mol. The van der Waals surface area contributed by atoms with Crippen molar-refractivity contribution in [3.63, 3.8) is 0 Å². The van der Waals surface area contributed by atoms with Crippen molar-refractivity contribution in [2.45, 2.75) is 144 Å². The largest absolute Gasteiger partial charge is 0.506 e. The van der Waals surface area contributed by atoms with Gasteiger partial charge >= 0.3 is 0 Å². The third-order valence-electron chi connectivity index (χ3n) is 14.8. The number of ether oxygens (including phenoxy) is 3. The van der Waals surface area contributed by atoms with Gasteiger partial charge < -0.3 is 39.0 Å². The van der Waals surface area contributed by atoms with Crippen molar-refractivity contribution in [1.82, 2.24) is 19.9 Å². The van der Waals surface area contributed by atoms with Crippen molar-refractivity contribution in [2.24, 2.45) is 15.7 Å². The monoisotopic (exact) mass is 1090 g/mol. The molecule has 10 rings (SSSR count). The van der Waals surface area contributed by atoms with Crippen LogP contribution in [0, 0.1) is 0 Å². The average Bonchev–Trinajstić information content (AvgIpc) is 4.23. The fourth-order valence-electron chi connectivity index (χ4n) is 9.90. The highest BCUT2D eigenvalue weighted by molar-refractivity contribution is 7.94. The summed E-state index contributed by atoms with van der Waals surface area (Å²) in [5.41, 5.74) is 7.83. The minimum atomic E-state index is -3.71. The molecule has 0 fully saturated rings. The third kappa shape index (κ3) is 10.9. The zero-order valence-corrected chi connectivity index (χ0v) is 45.9. The Morgan fingerprint density at radius 3 is 1.62 bits per heavy atom. The number of rotatable bonds is 10. The number of oxazole rings is 2. The normalized spacial score (nSPS) is 24.9. The summed E-state index contributed by atoms with van der Waals surface area (Å²) in [6.07, 6.45) is 8.72. The summed E-state index contributed by atoms with van der Waals surface area (Å²) in [4.78, 5) is 51.3. The predicted molar refractivity (Wildman–Crippen MR) is 285 cm³/mol. The Balaban J connectivity index is 0.000000182. The molecule has 0 aliphatic carbocycles. The van der Waals surface area contributed by atoms with Crippen LogP contribution in [0.5, 0.6) is 23.0 Å². The second-order valence-electron chi connectivity index (χ2n) is 20.8. The lowest BCUT2D eigenvalue weighted by Gasteiger charge is -2.44. The number of aromatic hydroxyl groups is 1. The lowest BCUT2D eigenvalue weighted by atomic mass is 9.84. The maximum Gasteiger partial charge on any atom is 0.232 e. The van der Waals surface area contributed by atoms with E-state index < -0.39 is 50.7 Å². The molecule has 0 unspecified atom stereocenters. The van der Waals surface area contributed by atoms with Crippen molar-refractivity contribution >= 4 is 42.8 Å². The van der Waals surface area contributed by atoms with Crippen LogP contribution < -0.4 is 19.9 Å². The topological polar surface area (TPSA) is 299 Å². The molecule has 0 saturated carbocycles. The molecule has 0 radical (unpaired) electrons. The fraction of sp³-hybridized carbons (Fsp3) is 0.418. The highest BCUT2D eigenvalue weighted by Gasteiger charge is 2.59. The molecule has 77 heavy (non-hydrogen) atoms. The maximum absolute atomic E-state index is 13.7. The molecule has 0 saturated heterocycles. The number of carbonyl (C=O) groups is 2. The second-order valence-corrected chi connectivity index (χ2v) is 26.2. The van der Waals surface area contributed by atoms with Gasteiger partial charge in [0.15, 0.2) is 37.8 Å². The van der Waals surface area contributed by atoms with Gasteiger partial charge in [0.25, 0.3) is 0 Å². The smallest absolute Gasteiger partial charge is 0.232 e. The van der Waals surface area contributed by atoms with Gasteiger partial charge in [-0.1, -0.05) is 12.1 Å². The molecule has 0 bridgehead atoms. The number of nitrogens with zero attached hydrogens (tertiary/aromatic N) is 6. The molecule has 2 aromatic carbocycles. The number of aliphatic hydroxyl groups is 1. The highest BCUT2D eigenvalue weighted by Crippen LogP contribution is 2.51. The van der Waals surface area contributed by atoms with Crippen LogP contribution in [0.3, 0.4) is 0 Å². The van der Waals surface area contributed by atoms with E-state index >= 15 is 0 Å². The molecule has 4 N–H and O–H groups in total. The number of Topliss-reactive ketones (excluding diaryl/α,β-unsaturated/α-hetero) is 2. The Bertz CT molecular complexity index is 3440. The number of pyridine rings is 2. The third-order valence-corrected chi connectivity index (χ3v) is 21.0. The fourth-order valence-corrected chi connectivity index (χ4v) is 14.7. The van der Waals surface area contributed by atoms with Crippen molar-refractivity contribution in [2.75, 3.05) is 0 Å². The maximum atomic E-state index is 13.7. The van der Waals surface area contributed by atoms with Crippen LogP contribution in [0.15, 0.2) is 117 Å². The van der Waals surface area contributed by atoms with E-state index in [0.29, 0.717) is 57.9 Å². The van der Waals surface area contributed by atoms with Crippen LogP contribution in [-0.2, 0) is 56.8 Å². The molecule has 6 aromatic rings. The van der Waals surface area contributed by atoms with E-state index in [-0.39, 0.29) is 79.2 Å². The van der Waals surface area contributed by atoms with E-state index in [4.69, 9.17) is 39.5 Å². The first-order valence-corrected chi connectivity index (χ1v) is 28.0. The second kappa shape index (κ2) is 21.3. The molecule has 4 aliphatic rings. The molecule has 0 amide bonds. The summed E-state index contributed by atoms with van der Waals surface area (Å²) >= 11 is 0. The molecule has 408 valence electrons. The standard InChI is InChI=1S/C27H30N4O6S.C24H28N2O5S.C4H5NO2/c1-16-11-23-27(4,31-25(28)26(2,3)38(23,33)34)19-12-17(5-8-22(19)37-16)13-21(32)20-7-6-18(14-30-20)36-15-24-29-9-10-35-24;1-14-10-22-24(5,26-15(2)23(3,4)32(22,29)30)18-11-16(6-9-21(18)31-14)12-20(28)19-8-7-17(27)13-25-19;6-3-4-5-1-2-7-4/h5-10,12,14,16,23H,11,13,15H2,1-4H3,(H2,28,31);6-9,11,13-14,22,27H,10,12H2,1-5H3;1-2,6H,3H2/t16-,23+,27+;14-,22+,24+;/m00./s1. The summed E-state index contributed by atoms with van der Waals surface area (Å²) in [5, 5.41) is 16.1.